The van der Waals surface area contributed by atoms with Gasteiger partial charge in [0.25, 0.3) is 0 Å². The maximum Gasteiger partial charge on any atom is 0.119 e. The van der Waals surface area contributed by atoms with Crippen LogP contribution in [0.3, 0.4) is 0 Å². The van der Waals surface area contributed by atoms with Crippen molar-refractivity contribution in [1.82, 2.24) is 5.32 Å². The van der Waals surface area contributed by atoms with Gasteiger partial charge in [0.1, 0.15) is 5.75 Å². The lowest BCUT2D eigenvalue weighted by Crippen LogP contribution is -2.50. The highest BCUT2D eigenvalue weighted by Gasteiger charge is 2.35. The summed E-state index contributed by atoms with van der Waals surface area (Å²) in [5.74, 6) is 1.65. The largest absolute Gasteiger partial charge is 0.497 e. The zero-order valence-electron chi connectivity index (χ0n) is 13.4. The molecule has 1 heterocycles. The van der Waals surface area contributed by atoms with E-state index in [2.05, 4.69) is 37.4 Å². The number of nitrogens with one attached hydrogen (secondary N) is 1. The Hall–Kier alpha value is -1.06. The SMILES string of the molecule is COc1cccc(C2CC(NC3CCOC(C)(C)C3)C2)c1. The van der Waals surface area contributed by atoms with Gasteiger partial charge < -0.3 is 14.8 Å². The third-order valence-corrected chi connectivity index (χ3v) is 4.87. The molecule has 0 spiro atoms. The van der Waals surface area contributed by atoms with E-state index in [1.54, 1.807) is 7.11 Å². The van der Waals surface area contributed by atoms with E-state index in [9.17, 15) is 0 Å². The van der Waals surface area contributed by atoms with Gasteiger partial charge in [0.2, 0.25) is 0 Å². The summed E-state index contributed by atoms with van der Waals surface area (Å²) in [4.78, 5) is 0. The fraction of sp³-hybridized carbons (Fsp3) is 0.667. The zero-order chi connectivity index (χ0) is 14.9. The van der Waals surface area contributed by atoms with E-state index in [1.807, 2.05) is 6.07 Å². The predicted molar refractivity (Wildman–Crippen MR) is 84.9 cm³/mol. The maximum atomic E-state index is 5.79. The molecule has 1 aliphatic heterocycles. The van der Waals surface area contributed by atoms with E-state index in [-0.39, 0.29) is 5.60 Å². The average Bonchev–Trinajstić information content (AvgIpc) is 2.41. The van der Waals surface area contributed by atoms with Gasteiger partial charge in [-0.15, -0.1) is 0 Å². The fourth-order valence-corrected chi connectivity index (χ4v) is 3.63. The molecule has 1 aromatic rings. The first-order chi connectivity index (χ1) is 10.1. The first-order valence-electron chi connectivity index (χ1n) is 8.10. The summed E-state index contributed by atoms with van der Waals surface area (Å²) in [6.45, 7) is 5.28. The highest BCUT2D eigenvalue weighted by molar-refractivity contribution is 5.32. The third kappa shape index (κ3) is 3.58. The van der Waals surface area contributed by atoms with Gasteiger partial charge >= 0.3 is 0 Å². The topological polar surface area (TPSA) is 30.5 Å². The van der Waals surface area contributed by atoms with Gasteiger partial charge in [0.05, 0.1) is 12.7 Å². The standard InChI is InChI=1S/C18H27NO2/c1-18(2)12-15(7-8-21-18)19-16-9-14(10-16)13-5-4-6-17(11-13)20-3/h4-6,11,14-16,19H,7-10,12H2,1-3H3. The molecule has 1 unspecified atom stereocenters. The Kier molecular flexibility index (Phi) is 4.23. The Morgan fingerprint density at radius 2 is 2.05 bits per heavy atom. The summed E-state index contributed by atoms with van der Waals surface area (Å²) in [5, 5.41) is 3.83. The van der Waals surface area contributed by atoms with Crippen LogP contribution in [0.5, 0.6) is 5.75 Å². The second-order valence-corrected chi connectivity index (χ2v) is 7.11. The predicted octanol–water partition coefficient (Wildman–Crippen LogP) is 3.49. The lowest BCUT2D eigenvalue weighted by atomic mass is 9.75. The van der Waals surface area contributed by atoms with E-state index in [1.165, 1.54) is 18.4 Å². The van der Waals surface area contributed by atoms with Crippen LogP contribution in [-0.2, 0) is 4.74 Å². The number of benzene rings is 1. The van der Waals surface area contributed by atoms with Crippen molar-refractivity contribution in [1.29, 1.82) is 0 Å². The van der Waals surface area contributed by atoms with Crippen LogP contribution in [0.2, 0.25) is 0 Å². The molecule has 2 fully saturated rings. The quantitative estimate of drug-likeness (QED) is 0.920. The smallest absolute Gasteiger partial charge is 0.119 e. The summed E-state index contributed by atoms with van der Waals surface area (Å²) < 4.78 is 11.1. The number of rotatable bonds is 4. The summed E-state index contributed by atoms with van der Waals surface area (Å²) in [7, 11) is 1.73. The molecule has 0 aromatic heterocycles. The van der Waals surface area contributed by atoms with Gasteiger partial charge in [0, 0.05) is 18.7 Å². The Morgan fingerprint density at radius 3 is 2.76 bits per heavy atom. The third-order valence-electron chi connectivity index (χ3n) is 4.87. The monoisotopic (exact) mass is 289 g/mol. The van der Waals surface area contributed by atoms with Gasteiger partial charge in [-0.05, 0) is 63.1 Å². The molecule has 1 saturated heterocycles. The fourth-order valence-electron chi connectivity index (χ4n) is 3.63. The van der Waals surface area contributed by atoms with E-state index in [0.29, 0.717) is 18.0 Å². The molecular formula is C18H27NO2. The second kappa shape index (κ2) is 5.98. The molecule has 0 amide bonds. The molecule has 1 saturated carbocycles. The van der Waals surface area contributed by atoms with Crippen molar-refractivity contribution in [2.75, 3.05) is 13.7 Å². The molecule has 116 valence electrons. The Morgan fingerprint density at radius 1 is 1.24 bits per heavy atom. The van der Waals surface area contributed by atoms with Crippen molar-refractivity contribution in [3.8, 4) is 5.75 Å². The highest BCUT2D eigenvalue weighted by atomic mass is 16.5. The Bertz CT molecular complexity index is 480. The van der Waals surface area contributed by atoms with Crippen molar-refractivity contribution in [2.45, 2.75) is 63.1 Å². The van der Waals surface area contributed by atoms with Crippen LogP contribution in [0, 0.1) is 0 Å². The van der Waals surface area contributed by atoms with Crippen molar-refractivity contribution >= 4 is 0 Å². The molecule has 2 aliphatic rings. The number of hydrogen-bond acceptors (Lipinski definition) is 3. The van der Waals surface area contributed by atoms with Crippen LogP contribution >= 0.6 is 0 Å². The molecule has 1 aromatic carbocycles. The summed E-state index contributed by atoms with van der Waals surface area (Å²) in [6, 6.07) is 9.79. The molecule has 1 aliphatic carbocycles. The van der Waals surface area contributed by atoms with Crippen LogP contribution in [0.25, 0.3) is 0 Å². The van der Waals surface area contributed by atoms with Crippen molar-refractivity contribution in [3.05, 3.63) is 29.8 Å². The van der Waals surface area contributed by atoms with Crippen molar-refractivity contribution in [2.24, 2.45) is 0 Å². The second-order valence-electron chi connectivity index (χ2n) is 7.11. The molecule has 1 atom stereocenters. The van der Waals surface area contributed by atoms with E-state index < -0.39 is 0 Å². The summed E-state index contributed by atoms with van der Waals surface area (Å²) in [5.41, 5.74) is 1.45. The maximum absolute atomic E-state index is 5.79. The molecular weight excluding hydrogens is 262 g/mol. The van der Waals surface area contributed by atoms with Crippen LogP contribution in [0.4, 0.5) is 0 Å². The van der Waals surface area contributed by atoms with E-state index in [0.717, 1.165) is 25.2 Å². The normalized spacial score (nSPS) is 31.5. The molecule has 1 N–H and O–H groups in total. The first-order valence-corrected chi connectivity index (χ1v) is 8.10. The lowest BCUT2D eigenvalue weighted by Gasteiger charge is -2.42. The molecule has 3 heteroatoms. The zero-order valence-corrected chi connectivity index (χ0v) is 13.4. The molecule has 0 radical (unpaired) electrons. The van der Waals surface area contributed by atoms with Gasteiger partial charge in [0.15, 0.2) is 0 Å². The van der Waals surface area contributed by atoms with Crippen LogP contribution in [0.1, 0.15) is 51.0 Å². The summed E-state index contributed by atoms with van der Waals surface area (Å²) in [6.07, 6.45) is 4.74. The number of hydrogen-bond donors (Lipinski definition) is 1. The molecule has 21 heavy (non-hydrogen) atoms. The van der Waals surface area contributed by atoms with Gasteiger partial charge in [-0.2, -0.15) is 0 Å². The van der Waals surface area contributed by atoms with Gasteiger partial charge in [-0.3, -0.25) is 0 Å². The average molecular weight is 289 g/mol. The van der Waals surface area contributed by atoms with Crippen LogP contribution in [-0.4, -0.2) is 31.4 Å². The van der Waals surface area contributed by atoms with E-state index >= 15 is 0 Å². The van der Waals surface area contributed by atoms with Gasteiger partial charge in [-0.1, -0.05) is 12.1 Å². The lowest BCUT2D eigenvalue weighted by molar-refractivity contribution is -0.0655. The molecule has 3 rings (SSSR count). The van der Waals surface area contributed by atoms with E-state index in [4.69, 9.17) is 9.47 Å². The van der Waals surface area contributed by atoms with Gasteiger partial charge in [-0.25, -0.2) is 0 Å². The highest BCUT2D eigenvalue weighted by Crippen LogP contribution is 2.39. The minimum Gasteiger partial charge on any atom is -0.497 e. The summed E-state index contributed by atoms with van der Waals surface area (Å²) >= 11 is 0. The molecule has 0 bridgehead atoms. The molecule has 3 nitrogen and oxygen atoms in total. The van der Waals surface area contributed by atoms with Crippen LogP contribution in [0.15, 0.2) is 24.3 Å². The minimum absolute atomic E-state index is 0.0336. The number of methoxy groups -OCH3 is 1. The first kappa shape index (κ1) is 14.9. The Balaban J connectivity index is 1.49. The van der Waals surface area contributed by atoms with Crippen molar-refractivity contribution < 1.29 is 9.47 Å². The Labute approximate surface area is 128 Å². The van der Waals surface area contributed by atoms with Crippen LogP contribution < -0.4 is 10.1 Å². The van der Waals surface area contributed by atoms with Crippen molar-refractivity contribution in [3.63, 3.8) is 0 Å². The number of ether oxygens (including phenoxy) is 2. The minimum atomic E-state index is 0.0336.